The predicted octanol–water partition coefficient (Wildman–Crippen LogP) is 3.30. The zero-order chi connectivity index (χ0) is 27.7. The SMILES string of the molecule is CCC(C)n1c(=O)c(NCc2ccc(S(=O)(=O)CC)nc2)nc2cnc(-c3c(OC)ncnc3C3CC3)nc21. The smallest absolute Gasteiger partial charge is 0.295 e. The summed E-state index contributed by atoms with van der Waals surface area (Å²) in [4.78, 5) is 40.3. The summed E-state index contributed by atoms with van der Waals surface area (Å²) in [6.45, 7) is 5.75. The average molecular weight is 551 g/mol. The zero-order valence-electron chi connectivity index (χ0n) is 22.2. The number of pyridine rings is 1. The van der Waals surface area contributed by atoms with E-state index in [4.69, 9.17) is 9.72 Å². The molecule has 13 heteroatoms. The molecule has 12 nitrogen and oxygen atoms in total. The van der Waals surface area contributed by atoms with Crippen LogP contribution >= 0.6 is 0 Å². The van der Waals surface area contributed by atoms with Crippen molar-refractivity contribution in [2.24, 2.45) is 0 Å². The zero-order valence-corrected chi connectivity index (χ0v) is 23.1. The normalized spacial score (nSPS) is 14.4. The maximum atomic E-state index is 13.6. The van der Waals surface area contributed by atoms with Gasteiger partial charge in [-0.1, -0.05) is 19.9 Å². The van der Waals surface area contributed by atoms with Gasteiger partial charge in [0.1, 0.15) is 17.4 Å². The number of hydrogen-bond donors (Lipinski definition) is 1. The third kappa shape index (κ3) is 5.18. The number of hydrogen-bond acceptors (Lipinski definition) is 11. The molecule has 0 saturated heterocycles. The first-order valence-corrected chi connectivity index (χ1v) is 14.5. The first-order valence-electron chi connectivity index (χ1n) is 12.9. The minimum Gasteiger partial charge on any atom is -0.480 e. The number of methoxy groups -OCH3 is 1. The molecule has 1 saturated carbocycles. The largest absolute Gasteiger partial charge is 0.480 e. The molecule has 0 aliphatic heterocycles. The van der Waals surface area contributed by atoms with E-state index in [0.29, 0.717) is 46.3 Å². The van der Waals surface area contributed by atoms with Crippen molar-refractivity contribution >= 4 is 26.8 Å². The second-order valence-corrected chi connectivity index (χ2v) is 11.7. The van der Waals surface area contributed by atoms with E-state index in [-0.39, 0.29) is 34.7 Å². The van der Waals surface area contributed by atoms with Crippen LogP contribution in [0.1, 0.15) is 63.3 Å². The number of nitrogens with one attached hydrogen (secondary N) is 1. The Morgan fingerprint density at radius 1 is 1.10 bits per heavy atom. The summed E-state index contributed by atoms with van der Waals surface area (Å²) in [6.07, 6.45) is 7.31. The van der Waals surface area contributed by atoms with E-state index in [1.54, 1.807) is 30.9 Å². The summed E-state index contributed by atoms with van der Waals surface area (Å²) < 4.78 is 31.2. The molecule has 39 heavy (non-hydrogen) atoms. The molecule has 4 heterocycles. The highest BCUT2D eigenvalue weighted by molar-refractivity contribution is 7.91. The summed E-state index contributed by atoms with van der Waals surface area (Å²) in [5.41, 5.74) is 2.72. The monoisotopic (exact) mass is 550 g/mol. The lowest BCUT2D eigenvalue weighted by atomic mass is 10.1. The van der Waals surface area contributed by atoms with Gasteiger partial charge in [0.05, 0.1) is 24.8 Å². The molecule has 0 aromatic carbocycles. The second kappa shape index (κ2) is 10.6. The third-order valence-electron chi connectivity index (χ3n) is 6.84. The lowest BCUT2D eigenvalue weighted by Gasteiger charge is -2.18. The number of rotatable bonds is 10. The summed E-state index contributed by atoms with van der Waals surface area (Å²) in [6, 6.07) is 2.97. The fourth-order valence-electron chi connectivity index (χ4n) is 4.27. The van der Waals surface area contributed by atoms with Crippen LogP contribution in [-0.2, 0) is 16.4 Å². The number of ether oxygens (including phenoxy) is 1. The molecule has 204 valence electrons. The Morgan fingerprint density at radius 3 is 2.54 bits per heavy atom. The van der Waals surface area contributed by atoms with Crippen LogP contribution in [0.25, 0.3) is 22.6 Å². The van der Waals surface area contributed by atoms with Gasteiger partial charge in [-0.05, 0) is 37.8 Å². The van der Waals surface area contributed by atoms with Gasteiger partial charge in [-0.2, -0.15) is 0 Å². The fourth-order valence-corrected chi connectivity index (χ4v) is 5.06. The Balaban J connectivity index is 1.54. The number of anilines is 1. The molecule has 0 bridgehead atoms. The highest BCUT2D eigenvalue weighted by atomic mass is 32.2. The lowest BCUT2D eigenvalue weighted by Crippen LogP contribution is -2.28. The van der Waals surface area contributed by atoms with E-state index >= 15 is 0 Å². The van der Waals surface area contributed by atoms with Crippen molar-refractivity contribution < 1.29 is 13.2 Å². The first kappa shape index (κ1) is 26.6. The topological polar surface area (TPSA) is 155 Å². The van der Waals surface area contributed by atoms with Crippen LogP contribution in [0.2, 0.25) is 0 Å². The van der Waals surface area contributed by atoms with Crippen molar-refractivity contribution in [3.05, 3.63) is 52.5 Å². The quantitative estimate of drug-likeness (QED) is 0.309. The lowest BCUT2D eigenvalue weighted by molar-refractivity contribution is 0.397. The molecule has 0 spiro atoms. The third-order valence-corrected chi connectivity index (χ3v) is 8.48. The van der Waals surface area contributed by atoms with Crippen LogP contribution < -0.4 is 15.6 Å². The summed E-state index contributed by atoms with van der Waals surface area (Å²) in [5.74, 6) is 1.20. The molecule has 1 aliphatic carbocycles. The molecular formula is C26H30N8O4S. The number of sulfone groups is 1. The highest BCUT2D eigenvalue weighted by Crippen LogP contribution is 2.44. The standard InChI is InChI=1S/C26H30N8O4S/c1-5-15(3)34-24-18(13-29-22(33-24)20-21(17-8-9-17)30-14-31-25(20)38-4)32-23(26(34)35)28-12-16-7-10-19(27-11-16)39(36,37)6-2/h7,10-11,13-15,17H,5-6,8-9,12H2,1-4H3,(H,28,32). The van der Waals surface area contributed by atoms with Gasteiger partial charge in [0.2, 0.25) is 5.88 Å². The Labute approximate surface area is 225 Å². The van der Waals surface area contributed by atoms with E-state index in [9.17, 15) is 13.2 Å². The van der Waals surface area contributed by atoms with Crippen LogP contribution in [-0.4, -0.2) is 55.8 Å². The van der Waals surface area contributed by atoms with Crippen molar-refractivity contribution in [3.63, 3.8) is 0 Å². The molecule has 1 fully saturated rings. The van der Waals surface area contributed by atoms with Crippen molar-refractivity contribution in [3.8, 4) is 17.3 Å². The van der Waals surface area contributed by atoms with Gasteiger partial charge in [-0.15, -0.1) is 0 Å². The maximum absolute atomic E-state index is 13.6. The van der Waals surface area contributed by atoms with Gasteiger partial charge in [0, 0.05) is 24.7 Å². The van der Waals surface area contributed by atoms with Crippen molar-refractivity contribution in [2.75, 3.05) is 18.2 Å². The average Bonchev–Trinajstić information content (AvgIpc) is 3.81. The molecule has 1 N–H and O–H groups in total. The van der Waals surface area contributed by atoms with Crippen molar-refractivity contribution in [1.29, 1.82) is 0 Å². The molecule has 1 unspecified atom stereocenters. The Morgan fingerprint density at radius 2 is 1.90 bits per heavy atom. The summed E-state index contributed by atoms with van der Waals surface area (Å²) >= 11 is 0. The van der Waals surface area contributed by atoms with Gasteiger partial charge < -0.3 is 10.1 Å². The van der Waals surface area contributed by atoms with E-state index < -0.39 is 9.84 Å². The first-order chi connectivity index (χ1) is 18.8. The van der Waals surface area contributed by atoms with Gasteiger partial charge >= 0.3 is 0 Å². The van der Waals surface area contributed by atoms with Gasteiger partial charge in [-0.3, -0.25) is 9.36 Å². The van der Waals surface area contributed by atoms with Crippen molar-refractivity contribution in [1.82, 2.24) is 34.5 Å². The number of nitrogens with zero attached hydrogens (tertiary/aromatic N) is 7. The van der Waals surface area contributed by atoms with Crippen LogP contribution in [0.5, 0.6) is 5.88 Å². The van der Waals surface area contributed by atoms with E-state index in [1.165, 1.54) is 18.6 Å². The predicted molar refractivity (Wildman–Crippen MR) is 145 cm³/mol. The fraction of sp³-hybridized carbons (Fsp3) is 0.423. The Kier molecular flexibility index (Phi) is 7.25. The minimum atomic E-state index is -3.39. The van der Waals surface area contributed by atoms with Crippen LogP contribution in [0.15, 0.2) is 40.7 Å². The van der Waals surface area contributed by atoms with E-state index in [2.05, 4.69) is 30.2 Å². The maximum Gasteiger partial charge on any atom is 0.295 e. The molecule has 4 aromatic heterocycles. The van der Waals surface area contributed by atoms with E-state index in [1.807, 2.05) is 13.8 Å². The number of aromatic nitrogens is 7. The Bertz CT molecular complexity index is 1690. The van der Waals surface area contributed by atoms with Crippen LogP contribution in [0.4, 0.5) is 5.82 Å². The molecule has 1 aliphatic rings. The van der Waals surface area contributed by atoms with Gasteiger partial charge in [0.15, 0.2) is 32.2 Å². The molecule has 1 atom stereocenters. The number of fused-ring (bicyclic) bond motifs is 1. The summed E-state index contributed by atoms with van der Waals surface area (Å²) in [5, 5.41) is 3.10. The molecule has 0 amide bonds. The van der Waals surface area contributed by atoms with E-state index in [0.717, 1.165) is 18.5 Å². The Hall–Kier alpha value is -4.00. The highest BCUT2D eigenvalue weighted by Gasteiger charge is 2.31. The summed E-state index contributed by atoms with van der Waals surface area (Å²) in [7, 11) is -1.84. The van der Waals surface area contributed by atoms with Crippen LogP contribution in [0, 0.1) is 0 Å². The van der Waals surface area contributed by atoms with Gasteiger partial charge in [0.25, 0.3) is 5.56 Å². The van der Waals surface area contributed by atoms with Crippen molar-refractivity contribution in [2.45, 2.75) is 63.6 Å². The molecule has 4 aromatic rings. The second-order valence-electron chi connectivity index (χ2n) is 9.47. The minimum absolute atomic E-state index is 0.0231. The van der Waals surface area contributed by atoms with Crippen LogP contribution in [0.3, 0.4) is 0 Å². The van der Waals surface area contributed by atoms with Gasteiger partial charge in [-0.25, -0.2) is 38.3 Å². The molecule has 0 radical (unpaired) electrons. The molecular weight excluding hydrogens is 520 g/mol. The molecule has 5 rings (SSSR count).